The van der Waals surface area contributed by atoms with Crippen LogP contribution in [-0.2, 0) is 16.5 Å². The Morgan fingerprint density at radius 2 is 1.78 bits per heavy atom. The van der Waals surface area contributed by atoms with E-state index in [0.29, 0.717) is 19.1 Å². The Bertz CT molecular complexity index is 349. The molecule has 1 aromatic rings. The second-order valence-corrected chi connectivity index (χ2v) is 5.19. The first-order valence-corrected chi connectivity index (χ1v) is 7.33. The first-order chi connectivity index (χ1) is 8.60. The van der Waals surface area contributed by atoms with Crippen LogP contribution in [0.5, 0.6) is 0 Å². The monoisotopic (exact) mass is 273 g/mol. The maximum Gasteiger partial charge on any atom is 0.191 e. The van der Waals surface area contributed by atoms with Crippen LogP contribution in [0.1, 0.15) is 39.4 Å². The Balaban J connectivity index is 2.56. The molecular formula is C12H23N3O2S. The summed E-state index contributed by atoms with van der Waals surface area (Å²) in [6, 6.07) is 0. The predicted molar refractivity (Wildman–Crippen MR) is 72.9 cm³/mol. The van der Waals surface area contributed by atoms with E-state index in [1.807, 2.05) is 25.5 Å². The highest BCUT2D eigenvalue weighted by Gasteiger charge is 2.15. The van der Waals surface area contributed by atoms with Crippen molar-refractivity contribution >= 4 is 11.8 Å². The minimum atomic E-state index is -0.177. The standard InChI is InChI=1S/C12H23N3O2S/c1-6-16-10(17-7-2)8-18-12-14-13-11(9(3)4)15(12)5/h9-10H,6-8H2,1-5H3. The molecule has 0 atom stereocenters. The van der Waals surface area contributed by atoms with Crippen molar-refractivity contribution in [1.29, 1.82) is 0 Å². The van der Waals surface area contributed by atoms with E-state index < -0.39 is 0 Å². The zero-order valence-corrected chi connectivity index (χ0v) is 12.7. The average Bonchev–Trinajstić information content (AvgIpc) is 2.68. The summed E-state index contributed by atoms with van der Waals surface area (Å²) in [6.45, 7) is 9.47. The zero-order valence-electron chi connectivity index (χ0n) is 11.8. The van der Waals surface area contributed by atoms with Crippen LogP contribution in [0.25, 0.3) is 0 Å². The topological polar surface area (TPSA) is 49.2 Å². The summed E-state index contributed by atoms with van der Waals surface area (Å²) in [7, 11) is 1.99. The van der Waals surface area contributed by atoms with Crippen LogP contribution in [-0.4, -0.2) is 40.0 Å². The van der Waals surface area contributed by atoms with Gasteiger partial charge in [0, 0.05) is 26.2 Å². The van der Waals surface area contributed by atoms with Crippen molar-refractivity contribution in [2.75, 3.05) is 19.0 Å². The lowest BCUT2D eigenvalue weighted by molar-refractivity contribution is -0.120. The number of ether oxygens (including phenoxy) is 2. The minimum Gasteiger partial charge on any atom is -0.352 e. The second-order valence-electron chi connectivity index (χ2n) is 4.21. The Labute approximate surface area is 113 Å². The highest BCUT2D eigenvalue weighted by atomic mass is 32.2. The van der Waals surface area contributed by atoms with Crippen LogP contribution < -0.4 is 0 Å². The van der Waals surface area contributed by atoms with Gasteiger partial charge in [-0.1, -0.05) is 25.6 Å². The maximum atomic E-state index is 5.50. The van der Waals surface area contributed by atoms with Gasteiger partial charge in [-0.05, 0) is 13.8 Å². The summed E-state index contributed by atoms with van der Waals surface area (Å²) in [5.74, 6) is 2.11. The number of rotatable bonds is 8. The van der Waals surface area contributed by atoms with Gasteiger partial charge in [-0.2, -0.15) is 0 Å². The molecule has 0 aliphatic heterocycles. The van der Waals surface area contributed by atoms with E-state index in [1.165, 1.54) is 0 Å². The van der Waals surface area contributed by atoms with Gasteiger partial charge in [-0.25, -0.2) is 0 Å². The van der Waals surface area contributed by atoms with Gasteiger partial charge in [0.15, 0.2) is 11.4 Å². The van der Waals surface area contributed by atoms with Gasteiger partial charge >= 0.3 is 0 Å². The summed E-state index contributed by atoms with van der Waals surface area (Å²) in [4.78, 5) is 0. The largest absolute Gasteiger partial charge is 0.352 e. The molecule has 0 aliphatic carbocycles. The molecule has 104 valence electrons. The van der Waals surface area contributed by atoms with E-state index in [4.69, 9.17) is 9.47 Å². The Morgan fingerprint density at radius 1 is 1.17 bits per heavy atom. The fourth-order valence-corrected chi connectivity index (χ4v) is 2.48. The molecule has 0 unspecified atom stereocenters. The molecule has 0 saturated heterocycles. The Kier molecular flexibility index (Phi) is 6.67. The van der Waals surface area contributed by atoms with E-state index in [-0.39, 0.29) is 6.29 Å². The lowest BCUT2D eigenvalue weighted by Crippen LogP contribution is -2.20. The van der Waals surface area contributed by atoms with Crippen molar-refractivity contribution in [3.05, 3.63) is 5.82 Å². The van der Waals surface area contributed by atoms with Crippen molar-refractivity contribution < 1.29 is 9.47 Å². The number of nitrogens with zero attached hydrogens (tertiary/aromatic N) is 3. The molecule has 0 aliphatic rings. The van der Waals surface area contributed by atoms with Crippen LogP contribution in [0.15, 0.2) is 5.16 Å². The summed E-state index contributed by atoms with van der Waals surface area (Å²) >= 11 is 1.61. The van der Waals surface area contributed by atoms with Gasteiger partial charge in [-0.15, -0.1) is 10.2 Å². The summed E-state index contributed by atoms with van der Waals surface area (Å²) in [5.41, 5.74) is 0. The lowest BCUT2D eigenvalue weighted by atomic mass is 10.2. The van der Waals surface area contributed by atoms with Crippen LogP contribution in [0, 0.1) is 0 Å². The molecule has 0 spiro atoms. The minimum absolute atomic E-state index is 0.177. The molecule has 0 N–H and O–H groups in total. The molecular weight excluding hydrogens is 250 g/mol. The van der Waals surface area contributed by atoms with Crippen molar-refractivity contribution in [3.63, 3.8) is 0 Å². The molecule has 1 aromatic heterocycles. The van der Waals surface area contributed by atoms with Crippen LogP contribution in [0.2, 0.25) is 0 Å². The van der Waals surface area contributed by atoms with Gasteiger partial charge in [0.1, 0.15) is 5.82 Å². The highest BCUT2D eigenvalue weighted by Crippen LogP contribution is 2.21. The SMILES string of the molecule is CCOC(CSc1nnc(C(C)C)n1C)OCC. The lowest BCUT2D eigenvalue weighted by Gasteiger charge is -2.16. The summed E-state index contributed by atoms with van der Waals surface area (Å²) in [5, 5.41) is 9.30. The third-order valence-corrected chi connectivity index (χ3v) is 3.49. The van der Waals surface area contributed by atoms with Crippen molar-refractivity contribution in [2.24, 2.45) is 7.05 Å². The van der Waals surface area contributed by atoms with Crippen LogP contribution >= 0.6 is 11.8 Å². The van der Waals surface area contributed by atoms with E-state index in [0.717, 1.165) is 16.7 Å². The number of hydrogen-bond donors (Lipinski definition) is 0. The highest BCUT2D eigenvalue weighted by molar-refractivity contribution is 7.99. The van der Waals surface area contributed by atoms with Crippen molar-refractivity contribution in [1.82, 2.24) is 14.8 Å². The molecule has 0 bridgehead atoms. The van der Waals surface area contributed by atoms with Gasteiger partial charge in [0.25, 0.3) is 0 Å². The van der Waals surface area contributed by atoms with Gasteiger partial charge in [0.2, 0.25) is 0 Å². The van der Waals surface area contributed by atoms with Gasteiger partial charge < -0.3 is 14.0 Å². The van der Waals surface area contributed by atoms with Gasteiger partial charge in [-0.3, -0.25) is 0 Å². The third-order valence-electron chi connectivity index (χ3n) is 2.44. The second kappa shape index (κ2) is 7.76. The smallest absolute Gasteiger partial charge is 0.191 e. The quantitative estimate of drug-likeness (QED) is 0.538. The van der Waals surface area contributed by atoms with E-state index in [2.05, 4.69) is 24.0 Å². The Hall–Kier alpha value is -0.590. The average molecular weight is 273 g/mol. The van der Waals surface area contributed by atoms with E-state index >= 15 is 0 Å². The Morgan fingerprint density at radius 3 is 2.22 bits per heavy atom. The first kappa shape index (κ1) is 15.5. The zero-order chi connectivity index (χ0) is 13.5. The number of hydrogen-bond acceptors (Lipinski definition) is 5. The normalized spacial score (nSPS) is 11.7. The van der Waals surface area contributed by atoms with Crippen molar-refractivity contribution in [3.8, 4) is 0 Å². The third kappa shape index (κ3) is 4.26. The molecule has 1 heterocycles. The molecule has 0 saturated carbocycles. The predicted octanol–water partition coefficient (Wildman–Crippen LogP) is 2.43. The molecule has 6 heteroatoms. The number of aromatic nitrogens is 3. The molecule has 5 nitrogen and oxygen atoms in total. The summed E-state index contributed by atoms with van der Waals surface area (Å²) in [6.07, 6.45) is -0.177. The molecule has 0 radical (unpaired) electrons. The van der Waals surface area contributed by atoms with Crippen LogP contribution in [0.4, 0.5) is 0 Å². The fraction of sp³-hybridized carbons (Fsp3) is 0.833. The molecule has 18 heavy (non-hydrogen) atoms. The van der Waals surface area contributed by atoms with Crippen molar-refractivity contribution in [2.45, 2.75) is 45.1 Å². The van der Waals surface area contributed by atoms with E-state index in [1.54, 1.807) is 11.8 Å². The molecule has 0 aromatic carbocycles. The first-order valence-electron chi connectivity index (χ1n) is 6.35. The summed E-state index contributed by atoms with van der Waals surface area (Å²) < 4.78 is 13.0. The van der Waals surface area contributed by atoms with E-state index in [9.17, 15) is 0 Å². The van der Waals surface area contributed by atoms with Gasteiger partial charge in [0.05, 0.1) is 5.75 Å². The molecule has 0 fully saturated rings. The maximum absolute atomic E-state index is 5.50. The number of thioether (sulfide) groups is 1. The fourth-order valence-electron chi connectivity index (χ4n) is 1.61. The van der Waals surface area contributed by atoms with Crippen LogP contribution in [0.3, 0.4) is 0 Å². The molecule has 0 amide bonds. The molecule has 1 rings (SSSR count).